The molecule has 2 rings (SSSR count). The first-order valence-corrected chi connectivity index (χ1v) is 7.15. The quantitative estimate of drug-likeness (QED) is 0.809. The number of nitrogens with zero attached hydrogens (tertiary/aromatic N) is 1. The van der Waals surface area contributed by atoms with Crippen molar-refractivity contribution in [3.8, 4) is 0 Å². The second-order valence-corrected chi connectivity index (χ2v) is 5.53. The Kier molecular flexibility index (Phi) is 3.99. The van der Waals surface area contributed by atoms with E-state index >= 15 is 0 Å². The van der Waals surface area contributed by atoms with Crippen molar-refractivity contribution < 1.29 is 0 Å². The zero-order chi connectivity index (χ0) is 11.4. The lowest BCUT2D eigenvalue weighted by molar-refractivity contribution is 0.661. The summed E-state index contributed by atoms with van der Waals surface area (Å²) in [5.41, 5.74) is 2.64. The van der Waals surface area contributed by atoms with Gasteiger partial charge < -0.3 is 10.2 Å². The van der Waals surface area contributed by atoms with Crippen molar-refractivity contribution in [2.75, 3.05) is 34.8 Å². The SMILES string of the molecule is CCSCCN1c2ccccc2NCC1C. The van der Waals surface area contributed by atoms with Crippen molar-refractivity contribution in [1.29, 1.82) is 0 Å². The number of anilines is 2. The van der Waals surface area contributed by atoms with E-state index in [-0.39, 0.29) is 0 Å². The van der Waals surface area contributed by atoms with E-state index in [0.29, 0.717) is 6.04 Å². The maximum absolute atomic E-state index is 3.48. The molecule has 16 heavy (non-hydrogen) atoms. The summed E-state index contributed by atoms with van der Waals surface area (Å²) in [5, 5.41) is 3.48. The van der Waals surface area contributed by atoms with E-state index in [2.05, 4.69) is 48.3 Å². The lowest BCUT2D eigenvalue weighted by atomic mass is 10.1. The Morgan fingerprint density at radius 1 is 1.44 bits per heavy atom. The molecule has 1 aliphatic rings. The van der Waals surface area contributed by atoms with E-state index < -0.39 is 0 Å². The molecule has 1 unspecified atom stereocenters. The number of rotatable bonds is 4. The first-order chi connectivity index (χ1) is 7.83. The summed E-state index contributed by atoms with van der Waals surface area (Å²) >= 11 is 2.02. The minimum Gasteiger partial charge on any atom is -0.381 e. The largest absolute Gasteiger partial charge is 0.381 e. The molecule has 3 heteroatoms. The Morgan fingerprint density at radius 2 is 2.25 bits per heavy atom. The number of thioether (sulfide) groups is 1. The highest BCUT2D eigenvalue weighted by Gasteiger charge is 2.21. The van der Waals surface area contributed by atoms with Crippen LogP contribution in [0, 0.1) is 0 Å². The van der Waals surface area contributed by atoms with Crippen molar-refractivity contribution in [3.05, 3.63) is 24.3 Å². The van der Waals surface area contributed by atoms with Crippen LogP contribution in [0.2, 0.25) is 0 Å². The van der Waals surface area contributed by atoms with Crippen molar-refractivity contribution in [2.45, 2.75) is 19.9 Å². The highest BCUT2D eigenvalue weighted by molar-refractivity contribution is 7.99. The van der Waals surface area contributed by atoms with Gasteiger partial charge in [-0.15, -0.1) is 0 Å². The van der Waals surface area contributed by atoms with E-state index in [1.807, 2.05) is 11.8 Å². The standard InChI is InChI=1S/C13H20N2S/c1-3-16-9-8-15-11(2)10-14-12-6-4-5-7-13(12)15/h4-7,11,14H,3,8-10H2,1-2H3. The molecule has 1 aliphatic heterocycles. The average molecular weight is 236 g/mol. The van der Waals surface area contributed by atoms with E-state index in [0.717, 1.165) is 13.1 Å². The van der Waals surface area contributed by atoms with Gasteiger partial charge >= 0.3 is 0 Å². The molecule has 0 aromatic heterocycles. The smallest absolute Gasteiger partial charge is 0.0605 e. The first-order valence-electron chi connectivity index (χ1n) is 6.00. The third-order valence-electron chi connectivity index (χ3n) is 3.01. The molecule has 0 fully saturated rings. The van der Waals surface area contributed by atoms with Gasteiger partial charge in [-0.05, 0) is 24.8 Å². The van der Waals surface area contributed by atoms with Gasteiger partial charge in [0.05, 0.1) is 11.4 Å². The van der Waals surface area contributed by atoms with E-state index in [9.17, 15) is 0 Å². The Labute approximate surface area is 102 Å². The minimum atomic E-state index is 0.590. The normalized spacial score (nSPS) is 19.1. The number of hydrogen-bond donors (Lipinski definition) is 1. The molecular formula is C13H20N2S. The van der Waals surface area contributed by atoms with Gasteiger partial charge in [-0.25, -0.2) is 0 Å². The van der Waals surface area contributed by atoms with Crippen LogP contribution in [-0.2, 0) is 0 Å². The molecule has 0 bridgehead atoms. The van der Waals surface area contributed by atoms with Crippen molar-refractivity contribution >= 4 is 23.1 Å². The van der Waals surface area contributed by atoms with Gasteiger partial charge in [0.15, 0.2) is 0 Å². The summed E-state index contributed by atoms with van der Waals surface area (Å²) in [5.74, 6) is 2.43. The fourth-order valence-electron chi connectivity index (χ4n) is 2.13. The number of hydrogen-bond acceptors (Lipinski definition) is 3. The van der Waals surface area contributed by atoms with Crippen LogP contribution in [0.1, 0.15) is 13.8 Å². The molecular weight excluding hydrogens is 216 g/mol. The van der Waals surface area contributed by atoms with Crippen LogP contribution in [0.25, 0.3) is 0 Å². The maximum Gasteiger partial charge on any atom is 0.0605 e. The summed E-state index contributed by atoms with van der Waals surface area (Å²) < 4.78 is 0. The van der Waals surface area contributed by atoms with E-state index in [1.165, 1.54) is 22.9 Å². The molecule has 0 radical (unpaired) electrons. The number of fused-ring (bicyclic) bond motifs is 1. The summed E-state index contributed by atoms with van der Waals surface area (Å²) in [7, 11) is 0. The number of benzene rings is 1. The summed E-state index contributed by atoms with van der Waals surface area (Å²) in [6, 6.07) is 9.20. The number of nitrogens with one attached hydrogen (secondary N) is 1. The number of para-hydroxylation sites is 2. The molecule has 1 aromatic rings. The second-order valence-electron chi connectivity index (χ2n) is 4.14. The van der Waals surface area contributed by atoms with Crippen LogP contribution in [0.4, 0.5) is 11.4 Å². The summed E-state index contributed by atoms with van der Waals surface area (Å²) in [4.78, 5) is 2.52. The van der Waals surface area contributed by atoms with Crippen LogP contribution in [-0.4, -0.2) is 30.6 Å². The first kappa shape index (κ1) is 11.6. The zero-order valence-corrected chi connectivity index (χ0v) is 10.9. The van der Waals surface area contributed by atoms with Gasteiger partial charge in [0.1, 0.15) is 0 Å². The lowest BCUT2D eigenvalue weighted by Crippen LogP contribution is -2.43. The van der Waals surface area contributed by atoms with Crippen LogP contribution in [0.3, 0.4) is 0 Å². The predicted molar refractivity (Wildman–Crippen MR) is 74.7 cm³/mol. The van der Waals surface area contributed by atoms with Gasteiger partial charge in [0.2, 0.25) is 0 Å². The molecule has 1 heterocycles. The van der Waals surface area contributed by atoms with Gasteiger partial charge in [0, 0.05) is 24.9 Å². The summed E-state index contributed by atoms with van der Waals surface area (Å²) in [6.07, 6.45) is 0. The Balaban J connectivity index is 2.10. The van der Waals surface area contributed by atoms with Crippen molar-refractivity contribution in [3.63, 3.8) is 0 Å². The van der Waals surface area contributed by atoms with Crippen LogP contribution < -0.4 is 10.2 Å². The third kappa shape index (κ3) is 2.46. The van der Waals surface area contributed by atoms with Gasteiger partial charge in [-0.1, -0.05) is 19.1 Å². The molecule has 0 spiro atoms. The lowest BCUT2D eigenvalue weighted by Gasteiger charge is -2.37. The van der Waals surface area contributed by atoms with Gasteiger partial charge in [-0.2, -0.15) is 11.8 Å². The molecule has 0 saturated heterocycles. The predicted octanol–water partition coefficient (Wildman–Crippen LogP) is 3.06. The minimum absolute atomic E-state index is 0.590. The van der Waals surface area contributed by atoms with Crippen LogP contribution in [0.5, 0.6) is 0 Å². The van der Waals surface area contributed by atoms with Crippen LogP contribution >= 0.6 is 11.8 Å². The van der Waals surface area contributed by atoms with Gasteiger partial charge in [-0.3, -0.25) is 0 Å². The highest BCUT2D eigenvalue weighted by Crippen LogP contribution is 2.30. The Hall–Kier alpha value is -0.830. The van der Waals surface area contributed by atoms with Crippen molar-refractivity contribution in [1.82, 2.24) is 0 Å². The van der Waals surface area contributed by atoms with Gasteiger partial charge in [0.25, 0.3) is 0 Å². The Morgan fingerprint density at radius 3 is 3.06 bits per heavy atom. The van der Waals surface area contributed by atoms with E-state index in [1.54, 1.807) is 0 Å². The topological polar surface area (TPSA) is 15.3 Å². The fraction of sp³-hybridized carbons (Fsp3) is 0.538. The monoisotopic (exact) mass is 236 g/mol. The Bertz CT molecular complexity index is 340. The third-order valence-corrected chi connectivity index (χ3v) is 3.89. The molecule has 0 aliphatic carbocycles. The van der Waals surface area contributed by atoms with Crippen LogP contribution in [0.15, 0.2) is 24.3 Å². The molecule has 2 nitrogen and oxygen atoms in total. The fourth-order valence-corrected chi connectivity index (χ4v) is 2.74. The molecule has 1 atom stereocenters. The summed E-state index contributed by atoms with van der Waals surface area (Å²) in [6.45, 7) is 6.71. The molecule has 1 N–H and O–H groups in total. The molecule has 1 aromatic carbocycles. The van der Waals surface area contributed by atoms with E-state index in [4.69, 9.17) is 0 Å². The molecule has 88 valence electrons. The zero-order valence-electron chi connectivity index (χ0n) is 10.1. The molecule has 0 saturated carbocycles. The maximum atomic E-state index is 3.48. The second kappa shape index (κ2) is 5.48. The van der Waals surface area contributed by atoms with Crippen molar-refractivity contribution in [2.24, 2.45) is 0 Å². The molecule has 0 amide bonds. The average Bonchev–Trinajstić information content (AvgIpc) is 2.32. The highest BCUT2D eigenvalue weighted by atomic mass is 32.2.